The molecule has 0 aliphatic carbocycles. The van der Waals surface area contributed by atoms with Gasteiger partial charge in [-0.25, -0.2) is 5.10 Å². The molecule has 0 saturated heterocycles. The molecule has 0 aliphatic rings. The molecule has 0 bridgehead atoms. The number of H-pyrrole nitrogens is 1. The lowest BCUT2D eigenvalue weighted by Gasteiger charge is -2.11. The summed E-state index contributed by atoms with van der Waals surface area (Å²) in [6.45, 7) is 3.65. The predicted molar refractivity (Wildman–Crippen MR) is 105 cm³/mol. The Labute approximate surface area is 161 Å². The van der Waals surface area contributed by atoms with Gasteiger partial charge in [-0.15, -0.1) is 0 Å². The molecule has 0 fully saturated rings. The van der Waals surface area contributed by atoms with Crippen LogP contribution in [0.25, 0.3) is 11.3 Å². The van der Waals surface area contributed by atoms with Gasteiger partial charge in [0.25, 0.3) is 11.5 Å². The van der Waals surface area contributed by atoms with Crippen molar-refractivity contribution in [3.8, 4) is 17.0 Å². The molecule has 1 heterocycles. The Hall–Kier alpha value is -3.12. The zero-order valence-corrected chi connectivity index (χ0v) is 15.6. The van der Waals surface area contributed by atoms with E-state index in [2.05, 4.69) is 15.5 Å². The van der Waals surface area contributed by atoms with Gasteiger partial charge in [0.2, 0.25) is 0 Å². The molecule has 7 heteroatoms. The number of nitrogens with one attached hydrogen (secondary N) is 2. The van der Waals surface area contributed by atoms with Crippen molar-refractivity contribution in [2.45, 2.75) is 13.8 Å². The smallest absolute Gasteiger partial charge is 0.264 e. The molecule has 3 rings (SSSR count). The third kappa shape index (κ3) is 4.74. The molecule has 2 N–H and O–H groups in total. The van der Waals surface area contributed by atoms with Crippen LogP contribution >= 0.6 is 11.6 Å². The monoisotopic (exact) mass is 383 g/mol. The van der Waals surface area contributed by atoms with Crippen molar-refractivity contribution in [2.24, 2.45) is 0 Å². The van der Waals surface area contributed by atoms with Gasteiger partial charge in [0.15, 0.2) is 6.61 Å². The van der Waals surface area contributed by atoms with Gasteiger partial charge in [-0.3, -0.25) is 9.59 Å². The predicted octanol–water partition coefficient (Wildman–Crippen LogP) is 3.72. The minimum absolute atomic E-state index is 0.123. The summed E-state index contributed by atoms with van der Waals surface area (Å²) >= 11 is 6.13. The molecule has 0 unspecified atom stereocenters. The molecule has 2 aromatic carbocycles. The van der Waals surface area contributed by atoms with Crippen LogP contribution in [0.1, 0.15) is 11.1 Å². The number of aryl methyl sites for hydroxylation is 2. The maximum absolute atomic E-state index is 12.2. The van der Waals surface area contributed by atoms with Crippen LogP contribution in [0.3, 0.4) is 0 Å². The highest BCUT2D eigenvalue weighted by Crippen LogP contribution is 2.26. The van der Waals surface area contributed by atoms with E-state index in [1.807, 2.05) is 19.9 Å². The zero-order valence-electron chi connectivity index (χ0n) is 14.9. The number of benzene rings is 2. The quantitative estimate of drug-likeness (QED) is 0.703. The molecule has 3 aromatic rings. The molecular weight excluding hydrogens is 366 g/mol. The minimum atomic E-state index is -0.285. The lowest BCUT2D eigenvalue weighted by Crippen LogP contribution is -2.20. The number of aromatic amines is 1. The van der Waals surface area contributed by atoms with Gasteiger partial charge >= 0.3 is 0 Å². The first-order valence-corrected chi connectivity index (χ1v) is 8.66. The number of nitrogens with zero attached hydrogens (tertiary/aromatic N) is 1. The van der Waals surface area contributed by atoms with Crippen LogP contribution in [0.4, 0.5) is 5.69 Å². The average molecular weight is 384 g/mol. The highest BCUT2D eigenvalue weighted by molar-refractivity contribution is 6.32. The second-order valence-corrected chi connectivity index (χ2v) is 6.47. The number of hydrogen-bond acceptors (Lipinski definition) is 4. The van der Waals surface area contributed by atoms with Gasteiger partial charge in [-0.05, 0) is 55.3 Å². The summed E-state index contributed by atoms with van der Waals surface area (Å²) in [7, 11) is 0. The molecule has 0 spiro atoms. The van der Waals surface area contributed by atoms with Crippen molar-refractivity contribution < 1.29 is 9.53 Å². The van der Waals surface area contributed by atoms with Gasteiger partial charge in [0, 0.05) is 22.3 Å². The lowest BCUT2D eigenvalue weighted by molar-refractivity contribution is -0.118. The molecule has 1 aromatic heterocycles. The van der Waals surface area contributed by atoms with Crippen molar-refractivity contribution in [3.05, 3.63) is 75.0 Å². The summed E-state index contributed by atoms with van der Waals surface area (Å²) in [6.07, 6.45) is 0. The maximum atomic E-state index is 12.2. The van der Waals surface area contributed by atoms with Crippen LogP contribution in [-0.4, -0.2) is 22.7 Å². The van der Waals surface area contributed by atoms with E-state index < -0.39 is 0 Å². The number of aromatic nitrogens is 2. The first-order chi connectivity index (χ1) is 12.9. The van der Waals surface area contributed by atoms with E-state index in [1.165, 1.54) is 6.07 Å². The molecule has 6 nitrogen and oxygen atoms in total. The molecule has 1 amide bonds. The Balaban J connectivity index is 1.65. The van der Waals surface area contributed by atoms with E-state index in [-0.39, 0.29) is 18.1 Å². The Morgan fingerprint density at radius 1 is 1.15 bits per heavy atom. The average Bonchev–Trinajstić information content (AvgIpc) is 2.65. The van der Waals surface area contributed by atoms with Gasteiger partial charge in [-0.1, -0.05) is 23.7 Å². The normalized spacial score (nSPS) is 10.5. The fourth-order valence-corrected chi connectivity index (χ4v) is 2.71. The molecule has 138 valence electrons. The number of amides is 1. The number of halogens is 1. The fourth-order valence-electron chi connectivity index (χ4n) is 2.60. The minimum Gasteiger partial charge on any atom is -0.484 e. The van der Waals surface area contributed by atoms with E-state index >= 15 is 0 Å². The summed E-state index contributed by atoms with van der Waals surface area (Å²) in [6, 6.07) is 13.8. The van der Waals surface area contributed by atoms with E-state index in [0.29, 0.717) is 22.2 Å². The fraction of sp³-hybridized carbons (Fsp3) is 0.150. The maximum Gasteiger partial charge on any atom is 0.264 e. The van der Waals surface area contributed by atoms with Gasteiger partial charge in [-0.2, -0.15) is 5.10 Å². The number of rotatable bonds is 5. The van der Waals surface area contributed by atoms with Gasteiger partial charge in [0.05, 0.1) is 5.69 Å². The van der Waals surface area contributed by atoms with Crippen molar-refractivity contribution >= 4 is 23.2 Å². The SMILES string of the molecule is Cc1cc(OCC(=O)Nc2cccc(-c3ccc(=O)[nH]n3)c2)cc(C)c1Cl. The van der Waals surface area contributed by atoms with E-state index in [9.17, 15) is 9.59 Å². The molecule has 27 heavy (non-hydrogen) atoms. The Kier molecular flexibility index (Phi) is 5.57. The number of ether oxygens (including phenoxy) is 1. The van der Waals surface area contributed by atoms with Crippen LogP contribution < -0.4 is 15.6 Å². The second kappa shape index (κ2) is 8.05. The van der Waals surface area contributed by atoms with E-state index in [0.717, 1.165) is 16.7 Å². The van der Waals surface area contributed by atoms with Crippen molar-refractivity contribution in [1.82, 2.24) is 10.2 Å². The highest BCUT2D eigenvalue weighted by Gasteiger charge is 2.08. The summed E-state index contributed by atoms with van der Waals surface area (Å²) in [5.41, 5.74) is 3.51. The third-order valence-corrected chi connectivity index (χ3v) is 4.50. The summed E-state index contributed by atoms with van der Waals surface area (Å²) in [5.74, 6) is 0.308. The van der Waals surface area contributed by atoms with Crippen molar-refractivity contribution in [2.75, 3.05) is 11.9 Å². The number of carbonyl (C=O) groups excluding carboxylic acids is 1. The van der Waals surface area contributed by atoms with Gasteiger partial charge < -0.3 is 10.1 Å². The largest absolute Gasteiger partial charge is 0.484 e. The first-order valence-electron chi connectivity index (χ1n) is 8.28. The van der Waals surface area contributed by atoms with Crippen LogP contribution in [0, 0.1) is 13.8 Å². The standard InChI is InChI=1S/C20H18ClN3O3/c1-12-8-16(9-13(2)20(12)21)27-11-19(26)22-15-5-3-4-14(10-15)17-6-7-18(25)24-23-17/h3-10H,11H2,1-2H3,(H,22,26)(H,24,25). The molecule has 0 saturated carbocycles. The van der Waals surface area contributed by atoms with E-state index in [1.54, 1.807) is 36.4 Å². The first kappa shape index (κ1) is 18.7. The second-order valence-electron chi connectivity index (χ2n) is 6.10. The summed E-state index contributed by atoms with van der Waals surface area (Å²) < 4.78 is 5.56. The topological polar surface area (TPSA) is 84.1 Å². The van der Waals surface area contributed by atoms with Crippen LogP contribution in [0.15, 0.2) is 53.3 Å². The molecule has 0 radical (unpaired) electrons. The summed E-state index contributed by atoms with van der Waals surface area (Å²) in [4.78, 5) is 23.3. The highest BCUT2D eigenvalue weighted by atomic mass is 35.5. The zero-order chi connectivity index (χ0) is 19.4. The number of anilines is 1. The Morgan fingerprint density at radius 2 is 1.89 bits per heavy atom. The Morgan fingerprint density at radius 3 is 2.56 bits per heavy atom. The molecule has 0 aliphatic heterocycles. The van der Waals surface area contributed by atoms with Crippen LogP contribution in [0.2, 0.25) is 5.02 Å². The number of carbonyl (C=O) groups is 1. The number of hydrogen-bond donors (Lipinski definition) is 2. The van der Waals surface area contributed by atoms with Crippen LogP contribution in [0.5, 0.6) is 5.75 Å². The molecular formula is C20H18ClN3O3. The van der Waals surface area contributed by atoms with Crippen molar-refractivity contribution in [3.63, 3.8) is 0 Å². The van der Waals surface area contributed by atoms with Crippen LogP contribution in [-0.2, 0) is 4.79 Å². The van der Waals surface area contributed by atoms with E-state index in [4.69, 9.17) is 16.3 Å². The third-order valence-electron chi connectivity index (χ3n) is 3.90. The van der Waals surface area contributed by atoms with Crippen molar-refractivity contribution in [1.29, 1.82) is 0 Å². The summed E-state index contributed by atoms with van der Waals surface area (Å²) in [5, 5.41) is 9.85. The Bertz CT molecular complexity index is 1000. The lowest BCUT2D eigenvalue weighted by atomic mass is 10.1. The molecule has 0 atom stereocenters. The van der Waals surface area contributed by atoms with Gasteiger partial charge in [0.1, 0.15) is 5.75 Å².